The van der Waals surface area contributed by atoms with Crippen LogP contribution < -0.4 is 5.32 Å². The average Bonchev–Trinajstić information content (AvgIpc) is 2.86. The van der Waals surface area contributed by atoms with Crippen LogP contribution in [0.15, 0.2) is 18.2 Å². The first-order chi connectivity index (χ1) is 9.68. The van der Waals surface area contributed by atoms with Crippen LogP contribution in [0.2, 0.25) is 10.0 Å². The van der Waals surface area contributed by atoms with Crippen molar-refractivity contribution in [3.8, 4) is 0 Å². The van der Waals surface area contributed by atoms with E-state index in [1.807, 2.05) is 6.07 Å². The van der Waals surface area contributed by atoms with Gasteiger partial charge in [0, 0.05) is 24.0 Å². The summed E-state index contributed by atoms with van der Waals surface area (Å²) in [6, 6.07) is 6.18. The molecule has 1 N–H and O–H groups in total. The SMILES string of the molecule is Clc1ccc(C23CCNCC2(C2CCCO2)C3)cc1Cl. The number of halogens is 2. The molecule has 1 saturated carbocycles. The van der Waals surface area contributed by atoms with Crippen LogP contribution in [0.1, 0.15) is 31.2 Å². The molecule has 1 aromatic carbocycles. The molecule has 4 heteroatoms. The zero-order chi connectivity index (χ0) is 13.8. The van der Waals surface area contributed by atoms with Crippen LogP contribution in [0.5, 0.6) is 0 Å². The van der Waals surface area contributed by atoms with E-state index in [1.54, 1.807) is 0 Å². The highest BCUT2D eigenvalue weighted by molar-refractivity contribution is 6.42. The van der Waals surface area contributed by atoms with Gasteiger partial charge in [0.05, 0.1) is 16.1 Å². The van der Waals surface area contributed by atoms with Crippen molar-refractivity contribution in [1.82, 2.24) is 5.32 Å². The number of piperidine rings is 1. The summed E-state index contributed by atoms with van der Waals surface area (Å²) >= 11 is 12.3. The van der Waals surface area contributed by atoms with Gasteiger partial charge in [-0.2, -0.15) is 0 Å². The van der Waals surface area contributed by atoms with Gasteiger partial charge in [-0.05, 0) is 49.9 Å². The zero-order valence-corrected chi connectivity index (χ0v) is 12.9. The Morgan fingerprint density at radius 1 is 1.25 bits per heavy atom. The van der Waals surface area contributed by atoms with Crippen LogP contribution >= 0.6 is 23.2 Å². The summed E-state index contributed by atoms with van der Waals surface area (Å²) in [5.74, 6) is 0. The van der Waals surface area contributed by atoms with Crippen molar-refractivity contribution in [2.45, 2.75) is 37.2 Å². The van der Waals surface area contributed by atoms with Crippen molar-refractivity contribution < 1.29 is 4.74 Å². The Bertz CT molecular complexity index is 543. The van der Waals surface area contributed by atoms with Crippen LogP contribution in [0.25, 0.3) is 0 Å². The molecule has 1 aromatic rings. The van der Waals surface area contributed by atoms with E-state index in [1.165, 1.54) is 31.2 Å². The molecule has 0 radical (unpaired) electrons. The highest BCUT2D eigenvalue weighted by Gasteiger charge is 2.72. The standard InChI is InChI=1S/C16H19Cl2NO/c17-12-4-3-11(8-13(12)18)15-5-6-19-10-16(15,9-15)14-2-1-7-20-14/h3-4,8,14,19H,1-2,5-7,9-10H2. The van der Waals surface area contributed by atoms with Crippen molar-refractivity contribution in [3.05, 3.63) is 33.8 Å². The number of fused-ring (bicyclic) bond motifs is 1. The fourth-order valence-electron chi connectivity index (χ4n) is 4.55. The molecular formula is C16H19Cl2NO. The molecule has 20 heavy (non-hydrogen) atoms. The number of hydrogen-bond acceptors (Lipinski definition) is 2. The summed E-state index contributed by atoms with van der Waals surface area (Å²) in [6.07, 6.45) is 5.19. The number of benzene rings is 1. The van der Waals surface area contributed by atoms with Gasteiger partial charge >= 0.3 is 0 Å². The maximum Gasteiger partial charge on any atom is 0.0653 e. The van der Waals surface area contributed by atoms with Gasteiger partial charge in [0.15, 0.2) is 0 Å². The molecule has 0 spiro atoms. The monoisotopic (exact) mass is 311 g/mol. The molecule has 0 amide bonds. The Labute approximate surface area is 129 Å². The van der Waals surface area contributed by atoms with Gasteiger partial charge in [0.2, 0.25) is 0 Å². The Balaban J connectivity index is 1.73. The number of ether oxygens (including phenoxy) is 1. The molecule has 0 bridgehead atoms. The molecular weight excluding hydrogens is 293 g/mol. The first-order valence-corrected chi connectivity index (χ1v) is 8.21. The summed E-state index contributed by atoms with van der Waals surface area (Å²) in [7, 11) is 0. The van der Waals surface area contributed by atoms with Gasteiger partial charge in [-0.1, -0.05) is 29.3 Å². The molecule has 3 fully saturated rings. The Hall–Kier alpha value is -0.280. The van der Waals surface area contributed by atoms with Gasteiger partial charge in [0.1, 0.15) is 0 Å². The van der Waals surface area contributed by atoms with E-state index in [2.05, 4.69) is 17.4 Å². The van der Waals surface area contributed by atoms with Crippen LogP contribution in [0, 0.1) is 5.41 Å². The van der Waals surface area contributed by atoms with E-state index in [9.17, 15) is 0 Å². The molecule has 4 rings (SSSR count). The van der Waals surface area contributed by atoms with E-state index in [4.69, 9.17) is 27.9 Å². The van der Waals surface area contributed by atoms with Crippen molar-refractivity contribution >= 4 is 23.2 Å². The Morgan fingerprint density at radius 2 is 2.15 bits per heavy atom. The molecule has 2 saturated heterocycles. The summed E-state index contributed by atoms with van der Waals surface area (Å²) < 4.78 is 6.04. The minimum Gasteiger partial charge on any atom is -0.378 e. The first kappa shape index (κ1) is 13.4. The van der Waals surface area contributed by atoms with E-state index in [0.717, 1.165) is 19.7 Å². The topological polar surface area (TPSA) is 21.3 Å². The molecule has 1 aliphatic carbocycles. The second-order valence-electron chi connectivity index (χ2n) is 6.47. The lowest BCUT2D eigenvalue weighted by Gasteiger charge is -2.35. The Morgan fingerprint density at radius 3 is 2.90 bits per heavy atom. The van der Waals surface area contributed by atoms with Gasteiger partial charge in [-0.25, -0.2) is 0 Å². The summed E-state index contributed by atoms with van der Waals surface area (Å²) in [5, 5.41) is 4.89. The maximum atomic E-state index is 6.24. The number of nitrogens with one attached hydrogen (secondary N) is 1. The lowest BCUT2D eigenvalue weighted by molar-refractivity contribution is 0.0329. The van der Waals surface area contributed by atoms with Crippen LogP contribution in [-0.4, -0.2) is 25.8 Å². The smallest absolute Gasteiger partial charge is 0.0653 e. The predicted octanol–water partition coefficient (Wildman–Crippen LogP) is 3.79. The molecule has 3 unspecified atom stereocenters. The van der Waals surface area contributed by atoms with Crippen LogP contribution in [0.3, 0.4) is 0 Å². The van der Waals surface area contributed by atoms with Crippen molar-refractivity contribution in [2.24, 2.45) is 5.41 Å². The van der Waals surface area contributed by atoms with Gasteiger partial charge in [-0.15, -0.1) is 0 Å². The largest absolute Gasteiger partial charge is 0.378 e. The van der Waals surface area contributed by atoms with E-state index >= 15 is 0 Å². The molecule has 2 aliphatic heterocycles. The summed E-state index contributed by atoms with van der Waals surface area (Å²) in [4.78, 5) is 0. The Kier molecular flexibility index (Phi) is 3.08. The van der Waals surface area contributed by atoms with Gasteiger partial charge in [0.25, 0.3) is 0 Å². The maximum absolute atomic E-state index is 6.24. The minimum atomic E-state index is 0.251. The van der Waals surface area contributed by atoms with Crippen molar-refractivity contribution in [3.63, 3.8) is 0 Å². The highest BCUT2D eigenvalue weighted by atomic mass is 35.5. The predicted molar refractivity (Wildman–Crippen MR) is 81.7 cm³/mol. The fraction of sp³-hybridized carbons (Fsp3) is 0.625. The second kappa shape index (κ2) is 4.61. The first-order valence-electron chi connectivity index (χ1n) is 7.46. The van der Waals surface area contributed by atoms with Crippen molar-refractivity contribution in [1.29, 1.82) is 0 Å². The van der Waals surface area contributed by atoms with E-state index < -0.39 is 0 Å². The average molecular weight is 312 g/mol. The lowest BCUT2D eigenvalue weighted by Crippen LogP contribution is -2.44. The summed E-state index contributed by atoms with van der Waals surface area (Å²) in [5.41, 5.74) is 1.88. The minimum absolute atomic E-state index is 0.251. The third kappa shape index (κ3) is 1.72. The quantitative estimate of drug-likeness (QED) is 0.897. The van der Waals surface area contributed by atoms with Gasteiger partial charge < -0.3 is 10.1 Å². The molecule has 3 atom stereocenters. The van der Waals surface area contributed by atoms with Crippen LogP contribution in [0.4, 0.5) is 0 Å². The second-order valence-corrected chi connectivity index (χ2v) is 7.29. The van der Waals surface area contributed by atoms with Crippen LogP contribution in [-0.2, 0) is 10.2 Å². The number of rotatable bonds is 2. The molecule has 2 heterocycles. The molecule has 2 nitrogen and oxygen atoms in total. The number of hydrogen-bond donors (Lipinski definition) is 1. The molecule has 3 aliphatic rings. The van der Waals surface area contributed by atoms with E-state index in [-0.39, 0.29) is 10.8 Å². The zero-order valence-electron chi connectivity index (χ0n) is 11.4. The summed E-state index contributed by atoms with van der Waals surface area (Å²) in [6.45, 7) is 3.07. The van der Waals surface area contributed by atoms with Gasteiger partial charge in [-0.3, -0.25) is 0 Å². The third-order valence-electron chi connectivity index (χ3n) is 5.63. The normalized spacial score (nSPS) is 39.6. The fourth-order valence-corrected chi connectivity index (χ4v) is 4.85. The van der Waals surface area contributed by atoms with Crippen molar-refractivity contribution in [2.75, 3.05) is 19.7 Å². The molecule has 0 aromatic heterocycles. The highest BCUT2D eigenvalue weighted by Crippen LogP contribution is 2.71. The van der Waals surface area contributed by atoms with E-state index in [0.29, 0.717) is 16.1 Å². The lowest BCUT2D eigenvalue weighted by atomic mass is 9.77. The third-order valence-corrected chi connectivity index (χ3v) is 6.37. The molecule has 108 valence electrons.